The third kappa shape index (κ3) is 2.02. The average molecular weight is 277 g/mol. The zero-order chi connectivity index (χ0) is 12.5. The summed E-state index contributed by atoms with van der Waals surface area (Å²) in [6.45, 7) is 3.91. The Balaban J connectivity index is 1.87. The quantitative estimate of drug-likeness (QED) is 0.541. The summed E-state index contributed by atoms with van der Waals surface area (Å²) in [4.78, 5) is 9.62. The highest BCUT2D eigenvalue weighted by molar-refractivity contribution is 7.98. The molecule has 0 bridgehead atoms. The number of hydrogen-bond donors (Lipinski definition) is 0. The Morgan fingerprint density at radius 2 is 2.22 bits per heavy atom. The fraction of sp³-hybridized carbons (Fsp3) is 0.250. The molecule has 0 aromatic carbocycles. The van der Waals surface area contributed by atoms with Crippen LogP contribution >= 0.6 is 23.1 Å². The van der Waals surface area contributed by atoms with Crippen molar-refractivity contribution < 1.29 is 4.52 Å². The van der Waals surface area contributed by atoms with E-state index in [1.165, 1.54) is 0 Å². The maximum Gasteiger partial charge on any atom is 0.137 e. The molecule has 0 unspecified atom stereocenters. The standard InChI is InChI=1S/C12H11N3OS2/c1-7-10(8(2)16-15-7)5-18-12-9-3-4-17-11(9)13-6-14-12/h3-4,6H,5H2,1-2H3. The monoisotopic (exact) mass is 277 g/mol. The number of thiophene rings is 1. The SMILES string of the molecule is Cc1noc(C)c1CSc1ncnc2sccc12. The molecular weight excluding hydrogens is 266 g/mol. The van der Waals surface area contributed by atoms with Crippen LogP contribution in [0.5, 0.6) is 0 Å². The normalized spacial score (nSPS) is 11.2. The van der Waals surface area contributed by atoms with Gasteiger partial charge in [0.15, 0.2) is 0 Å². The summed E-state index contributed by atoms with van der Waals surface area (Å²) in [6, 6.07) is 2.07. The van der Waals surface area contributed by atoms with Crippen LogP contribution in [0, 0.1) is 13.8 Å². The Bertz CT molecular complexity index is 670. The molecule has 0 spiro atoms. The summed E-state index contributed by atoms with van der Waals surface area (Å²) < 4.78 is 5.16. The minimum Gasteiger partial charge on any atom is -0.361 e. The molecule has 6 heteroatoms. The molecule has 0 aliphatic carbocycles. The number of nitrogens with zero attached hydrogens (tertiary/aromatic N) is 3. The maximum atomic E-state index is 5.16. The van der Waals surface area contributed by atoms with Crippen LogP contribution in [-0.4, -0.2) is 15.1 Å². The van der Waals surface area contributed by atoms with Gasteiger partial charge in [-0.3, -0.25) is 0 Å². The first kappa shape index (κ1) is 11.7. The lowest BCUT2D eigenvalue weighted by molar-refractivity contribution is 0.392. The van der Waals surface area contributed by atoms with Gasteiger partial charge in [0.1, 0.15) is 21.9 Å². The van der Waals surface area contributed by atoms with Crippen molar-refractivity contribution in [2.75, 3.05) is 0 Å². The fourth-order valence-corrected chi connectivity index (χ4v) is 3.66. The van der Waals surface area contributed by atoms with Crippen molar-refractivity contribution in [2.24, 2.45) is 0 Å². The predicted octanol–water partition coefficient (Wildman–Crippen LogP) is 3.59. The second-order valence-electron chi connectivity index (χ2n) is 3.91. The van der Waals surface area contributed by atoms with Crippen molar-refractivity contribution in [3.8, 4) is 0 Å². The van der Waals surface area contributed by atoms with Crippen LogP contribution in [-0.2, 0) is 5.75 Å². The van der Waals surface area contributed by atoms with Crippen molar-refractivity contribution >= 4 is 33.3 Å². The molecule has 3 aromatic rings. The summed E-state index contributed by atoms with van der Waals surface area (Å²) in [5.74, 6) is 1.71. The van der Waals surface area contributed by atoms with Crippen LogP contribution in [0.3, 0.4) is 0 Å². The Kier molecular flexibility index (Phi) is 3.05. The minimum atomic E-state index is 0.823. The largest absolute Gasteiger partial charge is 0.361 e. The van der Waals surface area contributed by atoms with Crippen LogP contribution < -0.4 is 0 Å². The molecule has 3 rings (SSSR count). The van der Waals surface area contributed by atoms with Gasteiger partial charge >= 0.3 is 0 Å². The number of rotatable bonds is 3. The zero-order valence-corrected chi connectivity index (χ0v) is 11.6. The molecule has 0 saturated heterocycles. The van der Waals surface area contributed by atoms with Crippen molar-refractivity contribution in [3.63, 3.8) is 0 Å². The summed E-state index contributed by atoms with van der Waals surface area (Å²) in [6.07, 6.45) is 1.62. The second kappa shape index (κ2) is 4.70. The summed E-state index contributed by atoms with van der Waals surface area (Å²) >= 11 is 3.33. The summed E-state index contributed by atoms with van der Waals surface area (Å²) in [5, 5.41) is 8.14. The molecule has 0 N–H and O–H groups in total. The lowest BCUT2D eigenvalue weighted by Crippen LogP contribution is -1.88. The van der Waals surface area contributed by atoms with Gasteiger partial charge in [-0.15, -0.1) is 23.1 Å². The van der Waals surface area contributed by atoms with E-state index in [0.717, 1.165) is 38.0 Å². The lowest BCUT2D eigenvalue weighted by Gasteiger charge is -2.01. The molecule has 0 radical (unpaired) electrons. The molecule has 0 atom stereocenters. The molecule has 0 fully saturated rings. The summed E-state index contributed by atoms with van der Waals surface area (Å²) in [5.41, 5.74) is 2.11. The van der Waals surface area contributed by atoms with Crippen LogP contribution in [0.15, 0.2) is 27.3 Å². The molecule has 0 amide bonds. The fourth-order valence-electron chi connectivity index (χ4n) is 1.73. The Morgan fingerprint density at radius 1 is 1.33 bits per heavy atom. The van der Waals surface area contributed by atoms with Gasteiger partial charge in [-0.1, -0.05) is 5.16 Å². The van der Waals surface area contributed by atoms with E-state index in [4.69, 9.17) is 4.52 Å². The summed E-state index contributed by atoms with van der Waals surface area (Å²) in [7, 11) is 0. The van der Waals surface area contributed by atoms with Gasteiger partial charge in [0.2, 0.25) is 0 Å². The second-order valence-corrected chi connectivity index (χ2v) is 5.77. The van der Waals surface area contributed by atoms with Gasteiger partial charge in [0, 0.05) is 16.7 Å². The van der Waals surface area contributed by atoms with E-state index in [1.54, 1.807) is 29.4 Å². The minimum absolute atomic E-state index is 0.823. The van der Waals surface area contributed by atoms with E-state index in [9.17, 15) is 0 Å². The van der Waals surface area contributed by atoms with Gasteiger partial charge in [0.25, 0.3) is 0 Å². The first-order valence-corrected chi connectivity index (χ1v) is 7.35. The van der Waals surface area contributed by atoms with Gasteiger partial charge in [-0.25, -0.2) is 9.97 Å². The third-order valence-electron chi connectivity index (χ3n) is 2.76. The van der Waals surface area contributed by atoms with E-state index in [1.807, 2.05) is 19.2 Å². The van der Waals surface area contributed by atoms with E-state index < -0.39 is 0 Å². The molecule has 4 nitrogen and oxygen atoms in total. The molecular formula is C12H11N3OS2. The van der Waals surface area contributed by atoms with E-state index in [-0.39, 0.29) is 0 Å². The van der Waals surface area contributed by atoms with Crippen LogP contribution in [0.4, 0.5) is 0 Å². The number of fused-ring (bicyclic) bond motifs is 1. The van der Waals surface area contributed by atoms with E-state index >= 15 is 0 Å². The number of hydrogen-bond acceptors (Lipinski definition) is 6. The highest BCUT2D eigenvalue weighted by Crippen LogP contribution is 2.31. The molecule has 3 heterocycles. The topological polar surface area (TPSA) is 51.8 Å². The van der Waals surface area contributed by atoms with Gasteiger partial charge in [-0.05, 0) is 25.3 Å². The number of thioether (sulfide) groups is 1. The zero-order valence-electron chi connectivity index (χ0n) is 10.0. The molecule has 0 aliphatic rings. The molecule has 0 saturated carbocycles. The first-order valence-electron chi connectivity index (χ1n) is 5.48. The molecule has 92 valence electrons. The van der Waals surface area contributed by atoms with Crippen LogP contribution in [0.1, 0.15) is 17.0 Å². The van der Waals surface area contributed by atoms with E-state index in [0.29, 0.717) is 0 Å². The molecule has 18 heavy (non-hydrogen) atoms. The number of aryl methyl sites for hydroxylation is 2. The average Bonchev–Trinajstić information content (AvgIpc) is 2.95. The highest BCUT2D eigenvalue weighted by Gasteiger charge is 2.11. The molecule has 0 aliphatic heterocycles. The lowest BCUT2D eigenvalue weighted by atomic mass is 10.2. The first-order chi connectivity index (χ1) is 8.75. The van der Waals surface area contributed by atoms with Crippen molar-refractivity contribution in [1.82, 2.24) is 15.1 Å². The number of aromatic nitrogens is 3. The third-order valence-corrected chi connectivity index (χ3v) is 4.61. The van der Waals surface area contributed by atoms with Gasteiger partial charge in [-0.2, -0.15) is 0 Å². The van der Waals surface area contributed by atoms with Crippen LogP contribution in [0.25, 0.3) is 10.2 Å². The van der Waals surface area contributed by atoms with Crippen molar-refractivity contribution in [2.45, 2.75) is 24.6 Å². The smallest absolute Gasteiger partial charge is 0.137 e. The van der Waals surface area contributed by atoms with Crippen LogP contribution in [0.2, 0.25) is 0 Å². The Morgan fingerprint density at radius 3 is 3.00 bits per heavy atom. The predicted molar refractivity (Wildman–Crippen MR) is 73.0 cm³/mol. The van der Waals surface area contributed by atoms with Crippen molar-refractivity contribution in [3.05, 3.63) is 34.8 Å². The van der Waals surface area contributed by atoms with Crippen molar-refractivity contribution in [1.29, 1.82) is 0 Å². The maximum absolute atomic E-state index is 5.16. The Hall–Kier alpha value is -1.40. The Labute approximate surface area is 112 Å². The van der Waals surface area contributed by atoms with Gasteiger partial charge < -0.3 is 4.52 Å². The van der Waals surface area contributed by atoms with Gasteiger partial charge in [0.05, 0.1) is 5.69 Å². The highest BCUT2D eigenvalue weighted by atomic mass is 32.2. The molecule has 3 aromatic heterocycles. The van der Waals surface area contributed by atoms with E-state index in [2.05, 4.69) is 21.2 Å².